The number of anilines is 1. The van der Waals surface area contributed by atoms with E-state index >= 15 is 0 Å². The Kier molecular flexibility index (Phi) is 3.71. The smallest absolute Gasteiger partial charge is 0.0382 e. The molecule has 1 atom stereocenters. The van der Waals surface area contributed by atoms with Gasteiger partial charge in [-0.3, -0.25) is 0 Å². The summed E-state index contributed by atoms with van der Waals surface area (Å²) in [6, 6.07) is 8.53. The molecule has 0 aromatic heterocycles. The lowest BCUT2D eigenvalue weighted by molar-refractivity contribution is 0.520. The van der Waals surface area contributed by atoms with Crippen LogP contribution < -0.4 is 5.32 Å². The minimum Gasteiger partial charge on any atom is -0.358 e. The molecule has 0 bridgehead atoms. The Morgan fingerprint density at radius 2 is 1.94 bits per heavy atom. The Morgan fingerprint density at radius 3 is 2.50 bits per heavy atom. The lowest BCUT2D eigenvalue weighted by Crippen LogP contribution is -2.22. The second-order valence-corrected chi connectivity index (χ2v) is 5.10. The first-order valence-corrected chi connectivity index (χ1v) is 6.49. The van der Waals surface area contributed by atoms with Gasteiger partial charge in [0.15, 0.2) is 0 Å². The first-order chi connectivity index (χ1) is 8.64. The largest absolute Gasteiger partial charge is 0.358 e. The van der Waals surface area contributed by atoms with Crippen LogP contribution in [0.2, 0.25) is 0 Å². The summed E-state index contributed by atoms with van der Waals surface area (Å²) < 4.78 is 0. The molecule has 0 radical (unpaired) electrons. The molecule has 0 amide bonds. The molecule has 1 aromatic carbocycles. The minimum atomic E-state index is 0.0778. The molecule has 1 aromatic rings. The van der Waals surface area contributed by atoms with Gasteiger partial charge in [0, 0.05) is 16.8 Å². The molecule has 0 heterocycles. The number of hydrogen-bond acceptors (Lipinski definition) is 1. The van der Waals surface area contributed by atoms with Crippen LogP contribution in [0.4, 0.5) is 5.69 Å². The predicted molar refractivity (Wildman–Crippen MR) is 79.6 cm³/mol. The molecule has 0 aliphatic heterocycles. The lowest BCUT2D eigenvalue weighted by atomic mass is 9.80. The summed E-state index contributed by atoms with van der Waals surface area (Å²) in [6.07, 6.45) is 11.9. The van der Waals surface area contributed by atoms with E-state index in [1.807, 2.05) is 0 Å². The van der Waals surface area contributed by atoms with E-state index in [0.717, 1.165) is 12.1 Å². The molecule has 2 rings (SSSR count). The Labute approximate surface area is 110 Å². The zero-order valence-electron chi connectivity index (χ0n) is 11.4. The Morgan fingerprint density at radius 1 is 1.22 bits per heavy atom. The van der Waals surface area contributed by atoms with Gasteiger partial charge in [-0.05, 0) is 32.4 Å². The van der Waals surface area contributed by atoms with E-state index in [-0.39, 0.29) is 5.41 Å². The lowest BCUT2D eigenvalue weighted by Gasteiger charge is -2.30. The van der Waals surface area contributed by atoms with E-state index in [1.54, 1.807) is 0 Å². The minimum absolute atomic E-state index is 0.0778. The van der Waals surface area contributed by atoms with Crippen molar-refractivity contribution in [1.82, 2.24) is 0 Å². The Hall–Kier alpha value is -1.76. The van der Waals surface area contributed by atoms with Gasteiger partial charge in [-0.15, -0.1) is 0 Å². The number of benzene rings is 1. The van der Waals surface area contributed by atoms with E-state index in [4.69, 9.17) is 0 Å². The highest BCUT2D eigenvalue weighted by Crippen LogP contribution is 2.35. The van der Waals surface area contributed by atoms with Crippen LogP contribution in [0.15, 0.2) is 60.3 Å². The highest BCUT2D eigenvalue weighted by atomic mass is 14.9. The molecule has 1 heteroatoms. The first kappa shape index (κ1) is 12.7. The van der Waals surface area contributed by atoms with E-state index in [2.05, 4.69) is 80.7 Å². The quantitative estimate of drug-likeness (QED) is 0.796. The number of allylic oxidation sites excluding steroid dienone is 5. The molecular weight excluding hydrogens is 218 g/mol. The maximum Gasteiger partial charge on any atom is 0.0382 e. The van der Waals surface area contributed by atoms with Crippen molar-refractivity contribution in [3.8, 4) is 0 Å². The van der Waals surface area contributed by atoms with Crippen molar-refractivity contribution in [2.75, 3.05) is 5.32 Å². The van der Waals surface area contributed by atoms with Crippen molar-refractivity contribution in [2.45, 2.75) is 27.2 Å². The van der Waals surface area contributed by atoms with Crippen molar-refractivity contribution < 1.29 is 0 Å². The van der Waals surface area contributed by atoms with Crippen molar-refractivity contribution in [2.24, 2.45) is 5.41 Å². The maximum absolute atomic E-state index is 3.54. The van der Waals surface area contributed by atoms with Gasteiger partial charge in [-0.25, -0.2) is 0 Å². The number of aryl methyl sites for hydroxylation is 1. The summed E-state index contributed by atoms with van der Waals surface area (Å²) in [6.45, 7) is 6.47. The van der Waals surface area contributed by atoms with Crippen LogP contribution in [-0.2, 0) is 0 Å². The molecule has 0 fully saturated rings. The Bertz CT molecular complexity index is 491. The van der Waals surface area contributed by atoms with E-state index in [1.165, 1.54) is 11.3 Å². The van der Waals surface area contributed by atoms with Crippen LogP contribution in [0.3, 0.4) is 0 Å². The van der Waals surface area contributed by atoms with E-state index in [9.17, 15) is 0 Å². The molecular formula is C17H21N. The van der Waals surface area contributed by atoms with Gasteiger partial charge in [0.05, 0.1) is 0 Å². The number of rotatable bonds is 3. The van der Waals surface area contributed by atoms with Gasteiger partial charge in [0.2, 0.25) is 0 Å². The van der Waals surface area contributed by atoms with Crippen LogP contribution in [0, 0.1) is 12.3 Å². The fourth-order valence-corrected chi connectivity index (χ4v) is 2.26. The van der Waals surface area contributed by atoms with Crippen LogP contribution in [0.5, 0.6) is 0 Å². The summed E-state index contributed by atoms with van der Waals surface area (Å²) in [5.74, 6) is 0. The fraction of sp³-hybridized carbons (Fsp3) is 0.294. The molecule has 1 unspecified atom stereocenters. The maximum atomic E-state index is 3.54. The topological polar surface area (TPSA) is 12.0 Å². The second-order valence-electron chi connectivity index (χ2n) is 5.10. The fourth-order valence-electron chi connectivity index (χ4n) is 2.26. The Balaban J connectivity index is 2.18. The van der Waals surface area contributed by atoms with Crippen LogP contribution in [-0.4, -0.2) is 0 Å². The summed E-state index contributed by atoms with van der Waals surface area (Å²) in [5.41, 5.74) is 3.77. The average molecular weight is 239 g/mol. The van der Waals surface area contributed by atoms with Gasteiger partial charge in [-0.2, -0.15) is 0 Å². The van der Waals surface area contributed by atoms with Gasteiger partial charge in [0.1, 0.15) is 0 Å². The van der Waals surface area contributed by atoms with Crippen LogP contribution >= 0.6 is 0 Å². The summed E-state index contributed by atoms with van der Waals surface area (Å²) in [5, 5.41) is 3.54. The molecule has 18 heavy (non-hydrogen) atoms. The molecule has 0 spiro atoms. The van der Waals surface area contributed by atoms with Crippen molar-refractivity contribution in [1.29, 1.82) is 0 Å². The summed E-state index contributed by atoms with van der Waals surface area (Å²) in [7, 11) is 0. The molecule has 1 aliphatic rings. The van der Waals surface area contributed by atoms with Crippen LogP contribution in [0.1, 0.15) is 25.8 Å². The molecule has 94 valence electrons. The third kappa shape index (κ3) is 2.73. The van der Waals surface area contributed by atoms with Gasteiger partial charge < -0.3 is 5.32 Å². The number of nitrogens with one attached hydrogen (secondary N) is 1. The molecule has 1 N–H and O–H groups in total. The van der Waals surface area contributed by atoms with Crippen LogP contribution in [0.25, 0.3) is 0 Å². The van der Waals surface area contributed by atoms with Crippen molar-refractivity contribution in [3.05, 3.63) is 65.9 Å². The molecule has 1 aliphatic carbocycles. The van der Waals surface area contributed by atoms with Crippen molar-refractivity contribution in [3.63, 3.8) is 0 Å². The second kappa shape index (κ2) is 5.26. The summed E-state index contributed by atoms with van der Waals surface area (Å²) in [4.78, 5) is 0. The molecule has 1 nitrogen and oxygen atoms in total. The molecule has 0 saturated heterocycles. The normalized spacial score (nSPS) is 23.2. The zero-order chi connectivity index (χ0) is 13.0. The van der Waals surface area contributed by atoms with Gasteiger partial charge >= 0.3 is 0 Å². The monoisotopic (exact) mass is 239 g/mol. The number of hydrogen-bond donors (Lipinski definition) is 1. The summed E-state index contributed by atoms with van der Waals surface area (Å²) >= 11 is 0. The average Bonchev–Trinajstić information content (AvgIpc) is 2.38. The third-order valence-corrected chi connectivity index (χ3v) is 3.49. The van der Waals surface area contributed by atoms with Crippen molar-refractivity contribution >= 4 is 5.69 Å². The van der Waals surface area contributed by atoms with E-state index < -0.39 is 0 Å². The third-order valence-electron chi connectivity index (χ3n) is 3.49. The molecule has 0 saturated carbocycles. The van der Waals surface area contributed by atoms with Gasteiger partial charge in [0.25, 0.3) is 0 Å². The van der Waals surface area contributed by atoms with E-state index in [0.29, 0.717) is 0 Å². The predicted octanol–water partition coefficient (Wildman–Crippen LogP) is 4.83. The highest BCUT2D eigenvalue weighted by Gasteiger charge is 2.25. The standard InChI is InChI=1S/C17H21N/c1-4-16(17(3)12-6-5-7-13-17)18-15-10-8-14(2)9-11-15/h4-12,18H,13H2,1-3H3/b16-4-. The highest BCUT2D eigenvalue weighted by molar-refractivity contribution is 5.51. The zero-order valence-corrected chi connectivity index (χ0v) is 11.4. The SMILES string of the molecule is C/C=C(\Nc1ccc(C)cc1)C1(C)C=CC=CC1. The first-order valence-electron chi connectivity index (χ1n) is 6.49. The van der Waals surface area contributed by atoms with Gasteiger partial charge in [-0.1, -0.05) is 55.0 Å².